The Labute approximate surface area is 153 Å². The predicted molar refractivity (Wildman–Crippen MR) is 97.0 cm³/mol. The molecular weight excluding hydrogens is 343 g/mol. The van der Waals surface area contributed by atoms with E-state index in [1.807, 2.05) is 7.05 Å². The molecule has 5 atom stereocenters. The minimum atomic E-state index is -3.26. The average Bonchev–Trinajstić information content (AvgIpc) is 2.51. The molecule has 2 rings (SSSR count). The van der Waals surface area contributed by atoms with Gasteiger partial charge in [0, 0.05) is 45.3 Å². The Bertz CT molecular complexity index is 466. The molecule has 0 saturated carbocycles. The summed E-state index contributed by atoms with van der Waals surface area (Å²) in [6.45, 7) is 2.65. The highest BCUT2D eigenvalue weighted by molar-refractivity contribution is 7.53. The molecular formula is C14H28B2N3O5P. The van der Waals surface area contributed by atoms with Crippen LogP contribution >= 0.6 is 7.67 Å². The van der Waals surface area contributed by atoms with Crippen LogP contribution in [-0.2, 0) is 23.3 Å². The van der Waals surface area contributed by atoms with Crippen molar-refractivity contribution >= 4 is 23.4 Å². The van der Waals surface area contributed by atoms with E-state index < -0.39 is 13.7 Å². The van der Waals surface area contributed by atoms with Gasteiger partial charge in [-0.1, -0.05) is 0 Å². The summed E-state index contributed by atoms with van der Waals surface area (Å²) in [5.41, 5.74) is 0. The summed E-state index contributed by atoms with van der Waals surface area (Å²) in [5, 5.41) is 0. The summed E-state index contributed by atoms with van der Waals surface area (Å²) in [6, 6.07) is -0.912. The standard InChI is InChI=1S/C14H28B2N3O5P/c1-17(2)25(20,19-6-12(9-21-4)24-14(16)8-19)22-10-11-5-18(3)7-13(15)23-11/h11-14H,5-10H2,1-4H3. The van der Waals surface area contributed by atoms with Crippen LogP contribution in [0.15, 0.2) is 0 Å². The zero-order chi connectivity index (χ0) is 18.6. The van der Waals surface area contributed by atoms with Crippen molar-refractivity contribution < 1.29 is 23.3 Å². The monoisotopic (exact) mass is 371 g/mol. The van der Waals surface area contributed by atoms with Gasteiger partial charge in [0.05, 0.1) is 25.4 Å². The number of morpholine rings is 2. The Balaban J connectivity index is 2.03. The van der Waals surface area contributed by atoms with Crippen molar-refractivity contribution in [1.29, 1.82) is 0 Å². The Kier molecular flexibility index (Phi) is 7.98. The molecule has 2 aliphatic heterocycles. The van der Waals surface area contributed by atoms with Crippen molar-refractivity contribution in [3.05, 3.63) is 0 Å². The molecule has 140 valence electrons. The van der Waals surface area contributed by atoms with Crippen LogP contribution in [-0.4, -0.2) is 122 Å². The van der Waals surface area contributed by atoms with Crippen LogP contribution in [0.4, 0.5) is 0 Å². The van der Waals surface area contributed by atoms with Gasteiger partial charge >= 0.3 is 7.67 Å². The molecule has 11 heteroatoms. The Morgan fingerprint density at radius 2 is 1.68 bits per heavy atom. The van der Waals surface area contributed by atoms with Crippen molar-refractivity contribution in [1.82, 2.24) is 14.2 Å². The number of methoxy groups -OCH3 is 1. The number of hydrogen-bond acceptors (Lipinski definition) is 6. The molecule has 0 N–H and O–H groups in total. The van der Waals surface area contributed by atoms with E-state index in [1.165, 1.54) is 0 Å². The Morgan fingerprint density at radius 3 is 2.24 bits per heavy atom. The molecule has 8 nitrogen and oxygen atoms in total. The van der Waals surface area contributed by atoms with Crippen molar-refractivity contribution in [2.45, 2.75) is 24.2 Å². The van der Waals surface area contributed by atoms with Gasteiger partial charge in [-0.3, -0.25) is 4.57 Å². The number of rotatable bonds is 7. The fourth-order valence-electron chi connectivity index (χ4n) is 3.12. The maximum atomic E-state index is 13.5. The molecule has 5 unspecified atom stereocenters. The highest BCUT2D eigenvalue weighted by Crippen LogP contribution is 2.53. The molecule has 0 aromatic heterocycles. The second kappa shape index (κ2) is 9.33. The molecule has 2 heterocycles. The quantitative estimate of drug-likeness (QED) is 0.432. The molecule has 2 saturated heterocycles. The fourth-order valence-corrected chi connectivity index (χ4v) is 5.14. The van der Waals surface area contributed by atoms with Gasteiger partial charge in [-0.25, -0.2) is 9.34 Å². The number of nitrogens with zero attached hydrogens (tertiary/aromatic N) is 3. The molecule has 0 spiro atoms. The van der Waals surface area contributed by atoms with Crippen LogP contribution < -0.4 is 0 Å². The first-order chi connectivity index (χ1) is 11.7. The van der Waals surface area contributed by atoms with E-state index >= 15 is 0 Å². The molecule has 0 bridgehead atoms. The normalized spacial score (nSPS) is 34.9. The van der Waals surface area contributed by atoms with Gasteiger partial charge in [-0.15, -0.1) is 0 Å². The van der Waals surface area contributed by atoms with Gasteiger partial charge in [0.2, 0.25) is 0 Å². The molecule has 2 aliphatic rings. The summed E-state index contributed by atoms with van der Waals surface area (Å²) in [4.78, 5) is 2.07. The van der Waals surface area contributed by atoms with Crippen LogP contribution in [0.2, 0.25) is 0 Å². The molecule has 0 aliphatic carbocycles. The zero-order valence-electron chi connectivity index (χ0n) is 15.5. The highest BCUT2D eigenvalue weighted by Gasteiger charge is 2.41. The molecule has 0 aromatic carbocycles. The molecule has 25 heavy (non-hydrogen) atoms. The lowest BCUT2D eigenvalue weighted by molar-refractivity contribution is -0.0726. The fraction of sp³-hybridized carbons (Fsp3) is 1.00. The SMILES string of the molecule is [B]C1CN(C)CC(COP(=O)(N(C)C)N2CC([B])OC(COC)C2)O1. The Morgan fingerprint density at radius 1 is 1.08 bits per heavy atom. The highest BCUT2D eigenvalue weighted by atomic mass is 31.2. The first-order valence-electron chi connectivity index (χ1n) is 8.42. The minimum absolute atomic E-state index is 0.190. The lowest BCUT2D eigenvalue weighted by Gasteiger charge is -2.43. The van der Waals surface area contributed by atoms with Gasteiger partial charge in [0.1, 0.15) is 15.7 Å². The summed E-state index contributed by atoms with van der Waals surface area (Å²) >= 11 is 0. The average molecular weight is 371 g/mol. The number of hydrogen-bond donors (Lipinski definition) is 0. The molecule has 0 aromatic rings. The largest absolute Gasteiger partial charge is 0.382 e. The summed E-state index contributed by atoms with van der Waals surface area (Å²) in [7, 11) is 15.6. The van der Waals surface area contributed by atoms with Gasteiger partial charge in [0.15, 0.2) is 0 Å². The molecule has 2 fully saturated rings. The topological polar surface area (TPSA) is 63.7 Å². The zero-order valence-corrected chi connectivity index (χ0v) is 16.4. The second-order valence-electron chi connectivity index (χ2n) is 6.77. The van der Waals surface area contributed by atoms with Crippen LogP contribution in [0.25, 0.3) is 0 Å². The molecule has 0 amide bonds. The van der Waals surface area contributed by atoms with E-state index in [2.05, 4.69) is 4.90 Å². The lowest BCUT2D eigenvalue weighted by Crippen LogP contribution is -2.50. The first kappa shape index (κ1) is 21.4. The summed E-state index contributed by atoms with van der Waals surface area (Å²) in [5.74, 6) is 0. The number of ether oxygens (including phenoxy) is 3. The van der Waals surface area contributed by atoms with E-state index in [9.17, 15) is 4.57 Å². The maximum Gasteiger partial charge on any atom is 0.345 e. The van der Waals surface area contributed by atoms with Crippen LogP contribution in [0, 0.1) is 0 Å². The summed E-state index contributed by atoms with van der Waals surface area (Å²) < 4.78 is 39.2. The third kappa shape index (κ3) is 5.78. The van der Waals surface area contributed by atoms with Crippen molar-refractivity contribution in [2.75, 3.05) is 67.6 Å². The second-order valence-corrected chi connectivity index (χ2v) is 9.38. The van der Waals surface area contributed by atoms with Gasteiger partial charge in [0.25, 0.3) is 0 Å². The predicted octanol–water partition coefficient (Wildman–Crippen LogP) is -0.660. The number of likely N-dealkylation sites (N-methyl/N-ethyl adjacent to an activating group) is 1. The third-order valence-electron chi connectivity index (χ3n) is 4.19. The smallest absolute Gasteiger partial charge is 0.345 e. The summed E-state index contributed by atoms with van der Waals surface area (Å²) in [6.07, 6.45) is -0.484. The van der Waals surface area contributed by atoms with Crippen LogP contribution in [0.5, 0.6) is 0 Å². The molecule has 4 radical (unpaired) electrons. The van der Waals surface area contributed by atoms with Gasteiger partial charge in [-0.05, 0) is 21.1 Å². The van der Waals surface area contributed by atoms with Gasteiger partial charge in [-0.2, -0.15) is 0 Å². The van der Waals surface area contributed by atoms with E-state index in [0.717, 1.165) is 0 Å². The van der Waals surface area contributed by atoms with E-state index in [1.54, 1.807) is 30.5 Å². The van der Waals surface area contributed by atoms with Crippen molar-refractivity contribution in [3.8, 4) is 0 Å². The first-order valence-corrected chi connectivity index (χ1v) is 9.95. The third-order valence-corrected chi connectivity index (χ3v) is 6.73. The Hall–Kier alpha value is 0.0799. The van der Waals surface area contributed by atoms with Crippen LogP contribution in [0.1, 0.15) is 0 Å². The van der Waals surface area contributed by atoms with Crippen molar-refractivity contribution in [3.63, 3.8) is 0 Å². The van der Waals surface area contributed by atoms with Crippen molar-refractivity contribution in [2.24, 2.45) is 0 Å². The van der Waals surface area contributed by atoms with Gasteiger partial charge < -0.3 is 23.6 Å². The van der Waals surface area contributed by atoms with E-state index in [4.69, 9.17) is 34.4 Å². The van der Waals surface area contributed by atoms with E-state index in [0.29, 0.717) is 32.8 Å². The lowest BCUT2D eigenvalue weighted by atomic mass is 9.98. The van der Waals surface area contributed by atoms with Crippen LogP contribution in [0.3, 0.4) is 0 Å². The minimum Gasteiger partial charge on any atom is -0.382 e. The van der Waals surface area contributed by atoms with E-state index in [-0.39, 0.29) is 24.8 Å². The maximum absolute atomic E-state index is 13.5.